The van der Waals surface area contributed by atoms with E-state index in [1.54, 1.807) is 0 Å². The Bertz CT molecular complexity index is 568. The summed E-state index contributed by atoms with van der Waals surface area (Å²) in [6, 6.07) is -0.916. The van der Waals surface area contributed by atoms with E-state index in [9.17, 15) is 14.4 Å². The minimum atomic E-state index is -1.52. The lowest BCUT2D eigenvalue weighted by molar-refractivity contribution is -0.215. The average Bonchev–Trinajstić information content (AvgIpc) is 2.64. The van der Waals surface area contributed by atoms with Crippen molar-refractivity contribution < 1.29 is 33.3 Å². The van der Waals surface area contributed by atoms with Gasteiger partial charge >= 0.3 is 17.9 Å². The molecule has 0 spiro atoms. The summed E-state index contributed by atoms with van der Waals surface area (Å²) in [5.41, 5.74) is 6.40. The van der Waals surface area contributed by atoms with E-state index in [0.717, 1.165) is 0 Å². The van der Waals surface area contributed by atoms with Crippen LogP contribution in [-0.2, 0) is 33.3 Å². The van der Waals surface area contributed by atoms with Crippen molar-refractivity contribution in [1.29, 1.82) is 0 Å². The molecule has 0 aromatic heterocycles. The zero-order chi connectivity index (χ0) is 21.6. The monoisotopic (exact) mass is 419 g/mol. The van der Waals surface area contributed by atoms with Gasteiger partial charge < -0.3 is 24.7 Å². The first-order chi connectivity index (χ1) is 13.0. The topological polar surface area (TPSA) is 114 Å². The number of ether oxygens (including phenoxy) is 4. The average molecular weight is 420 g/mol. The Hall–Kier alpha value is -1.32. The number of rotatable bonds is 8. The highest BCUT2D eigenvalue weighted by molar-refractivity contribution is 8.01. The van der Waals surface area contributed by atoms with Crippen LogP contribution in [0, 0.1) is 11.8 Å². The lowest BCUT2D eigenvalue weighted by Crippen LogP contribution is -2.69. The minimum Gasteiger partial charge on any atom is -0.466 e. The summed E-state index contributed by atoms with van der Waals surface area (Å²) in [7, 11) is 1.27. The highest BCUT2D eigenvalue weighted by atomic mass is 32.2. The zero-order valence-corrected chi connectivity index (χ0v) is 18.5. The largest absolute Gasteiger partial charge is 0.466 e. The van der Waals surface area contributed by atoms with Crippen molar-refractivity contribution in [3.8, 4) is 0 Å². The van der Waals surface area contributed by atoms with Gasteiger partial charge in [0.1, 0.15) is 12.2 Å². The van der Waals surface area contributed by atoms with Gasteiger partial charge in [0.2, 0.25) is 4.93 Å². The van der Waals surface area contributed by atoms with Crippen molar-refractivity contribution in [1.82, 2.24) is 0 Å². The van der Waals surface area contributed by atoms with E-state index >= 15 is 0 Å². The predicted molar refractivity (Wildman–Crippen MR) is 105 cm³/mol. The summed E-state index contributed by atoms with van der Waals surface area (Å²) in [6.45, 7) is 10.2. The second-order valence-electron chi connectivity index (χ2n) is 7.05. The molecule has 0 amide bonds. The SMILES string of the molecule is CCS[C@@]1(C(=O)OC)OC(C(C)C(CC)OC(C)=O)[C@H](C)[C@H](OC(C)=O)C1N. The van der Waals surface area contributed by atoms with E-state index in [1.165, 1.54) is 32.7 Å². The summed E-state index contributed by atoms with van der Waals surface area (Å²) in [5, 5.41) is 0. The van der Waals surface area contributed by atoms with Crippen molar-refractivity contribution in [2.24, 2.45) is 17.6 Å². The Morgan fingerprint density at radius 2 is 1.82 bits per heavy atom. The maximum Gasteiger partial charge on any atom is 0.350 e. The third-order valence-corrected chi connectivity index (χ3v) is 6.35. The molecule has 7 atom stereocenters. The zero-order valence-electron chi connectivity index (χ0n) is 17.7. The van der Waals surface area contributed by atoms with Crippen LogP contribution in [0.25, 0.3) is 0 Å². The van der Waals surface area contributed by atoms with Crippen molar-refractivity contribution >= 4 is 29.7 Å². The van der Waals surface area contributed by atoms with Crippen molar-refractivity contribution in [3.05, 3.63) is 0 Å². The molecule has 1 aliphatic heterocycles. The first-order valence-corrected chi connectivity index (χ1v) is 10.5. The number of methoxy groups -OCH3 is 1. The molecule has 1 fully saturated rings. The number of thioether (sulfide) groups is 1. The molecule has 2 N–H and O–H groups in total. The molecule has 162 valence electrons. The number of hydrogen-bond acceptors (Lipinski definition) is 9. The quantitative estimate of drug-likeness (QED) is 0.465. The Labute approximate surface area is 171 Å². The number of carbonyl (C=O) groups is 3. The second-order valence-corrected chi connectivity index (χ2v) is 8.52. The van der Waals surface area contributed by atoms with Crippen molar-refractivity contribution in [3.63, 3.8) is 0 Å². The fraction of sp³-hybridized carbons (Fsp3) is 0.842. The third-order valence-electron chi connectivity index (χ3n) is 5.10. The molecule has 9 heteroatoms. The van der Waals surface area contributed by atoms with E-state index in [2.05, 4.69) is 0 Å². The van der Waals surface area contributed by atoms with Gasteiger partial charge in [-0.05, 0) is 12.2 Å². The van der Waals surface area contributed by atoms with E-state index in [-0.39, 0.29) is 11.8 Å². The van der Waals surface area contributed by atoms with Gasteiger partial charge in [-0.25, -0.2) is 4.79 Å². The first kappa shape index (κ1) is 24.7. The Balaban J connectivity index is 3.39. The molecule has 4 unspecified atom stereocenters. The maximum absolute atomic E-state index is 12.7. The number of carbonyl (C=O) groups excluding carboxylic acids is 3. The standard InChI is InChI=1S/C19H33NO7S/c1-8-14(25-12(5)21)10(3)15-11(4)16(26-13(6)22)17(20)19(27-15,28-9-2)18(23)24-7/h10-11,14-17H,8-9,20H2,1-7H3/t10?,11-,14?,15?,16-,17?,19-/m0/s1. The molecule has 1 saturated heterocycles. The minimum absolute atomic E-state index is 0.268. The molecule has 0 aliphatic carbocycles. The van der Waals surface area contributed by atoms with Crippen LogP contribution in [0.1, 0.15) is 48.0 Å². The molecule has 1 aliphatic rings. The van der Waals surface area contributed by atoms with Gasteiger partial charge in [-0.3, -0.25) is 9.59 Å². The molecule has 0 saturated carbocycles. The Morgan fingerprint density at radius 1 is 1.21 bits per heavy atom. The summed E-state index contributed by atoms with van der Waals surface area (Å²) >= 11 is 1.21. The van der Waals surface area contributed by atoms with Gasteiger partial charge in [-0.2, -0.15) is 0 Å². The molecular formula is C19H33NO7S. The van der Waals surface area contributed by atoms with E-state index < -0.39 is 47.2 Å². The highest BCUT2D eigenvalue weighted by Crippen LogP contribution is 2.44. The Kier molecular flexibility index (Phi) is 9.23. The van der Waals surface area contributed by atoms with Gasteiger partial charge in [-0.1, -0.05) is 27.7 Å². The summed E-state index contributed by atoms with van der Waals surface area (Å²) in [5.74, 6) is -1.57. The number of nitrogens with two attached hydrogens (primary N) is 1. The lowest BCUT2D eigenvalue weighted by atomic mass is 9.79. The molecule has 1 rings (SSSR count). The van der Waals surface area contributed by atoms with Crippen molar-refractivity contribution in [2.45, 2.75) is 77.3 Å². The van der Waals surface area contributed by atoms with Crippen LogP contribution in [0.4, 0.5) is 0 Å². The molecule has 28 heavy (non-hydrogen) atoms. The molecular weight excluding hydrogens is 386 g/mol. The maximum atomic E-state index is 12.7. The predicted octanol–water partition coefficient (Wildman–Crippen LogP) is 1.88. The third kappa shape index (κ3) is 5.18. The van der Waals surface area contributed by atoms with Gasteiger partial charge in [0.05, 0.1) is 19.3 Å². The van der Waals surface area contributed by atoms with Gasteiger partial charge in [0.25, 0.3) is 0 Å². The normalized spacial score (nSPS) is 32.1. The van der Waals surface area contributed by atoms with E-state index in [1.807, 2.05) is 27.7 Å². The van der Waals surface area contributed by atoms with Crippen LogP contribution >= 0.6 is 11.8 Å². The van der Waals surface area contributed by atoms with Crippen LogP contribution in [-0.4, -0.2) is 60.1 Å². The number of esters is 3. The van der Waals surface area contributed by atoms with Crippen LogP contribution in [0.2, 0.25) is 0 Å². The number of hydrogen-bond donors (Lipinski definition) is 1. The van der Waals surface area contributed by atoms with Gasteiger partial charge in [0.15, 0.2) is 0 Å². The van der Waals surface area contributed by atoms with E-state index in [0.29, 0.717) is 12.2 Å². The molecule has 0 aromatic carbocycles. The van der Waals surface area contributed by atoms with Crippen LogP contribution < -0.4 is 5.73 Å². The molecule has 0 radical (unpaired) electrons. The molecule has 0 aromatic rings. The Morgan fingerprint density at radius 3 is 2.25 bits per heavy atom. The fourth-order valence-electron chi connectivity index (χ4n) is 3.79. The highest BCUT2D eigenvalue weighted by Gasteiger charge is 2.60. The van der Waals surface area contributed by atoms with Crippen LogP contribution in [0.15, 0.2) is 0 Å². The molecule has 0 bridgehead atoms. The fourth-order valence-corrected chi connectivity index (χ4v) is 4.93. The van der Waals surface area contributed by atoms with Crippen LogP contribution in [0.3, 0.4) is 0 Å². The summed E-state index contributed by atoms with van der Waals surface area (Å²) in [6.07, 6.45) is -1.15. The molecule has 1 heterocycles. The van der Waals surface area contributed by atoms with E-state index in [4.69, 9.17) is 24.7 Å². The first-order valence-electron chi connectivity index (χ1n) is 9.55. The van der Waals surface area contributed by atoms with Crippen LogP contribution in [0.5, 0.6) is 0 Å². The second kappa shape index (κ2) is 10.5. The summed E-state index contributed by atoms with van der Waals surface area (Å²) < 4.78 is 22.3. The summed E-state index contributed by atoms with van der Waals surface area (Å²) in [4.78, 5) is 34.4. The molecule has 8 nitrogen and oxygen atoms in total. The van der Waals surface area contributed by atoms with Gasteiger partial charge in [0, 0.05) is 25.7 Å². The smallest absolute Gasteiger partial charge is 0.350 e. The van der Waals surface area contributed by atoms with Gasteiger partial charge in [-0.15, -0.1) is 11.8 Å². The lowest BCUT2D eigenvalue weighted by Gasteiger charge is -2.51. The van der Waals surface area contributed by atoms with Crippen molar-refractivity contribution in [2.75, 3.05) is 12.9 Å².